The van der Waals surface area contributed by atoms with Crippen LogP contribution in [-0.4, -0.2) is 57.5 Å². The van der Waals surface area contributed by atoms with E-state index in [4.69, 9.17) is 4.74 Å². The molecule has 1 aromatic rings. The summed E-state index contributed by atoms with van der Waals surface area (Å²) < 4.78 is 5.38. The Morgan fingerprint density at radius 3 is 2.81 bits per heavy atom. The van der Waals surface area contributed by atoms with Gasteiger partial charge in [-0.1, -0.05) is 12.1 Å². The molecule has 0 bridgehead atoms. The second kappa shape index (κ2) is 9.60. The van der Waals surface area contributed by atoms with Crippen molar-refractivity contribution in [3.8, 4) is 0 Å². The van der Waals surface area contributed by atoms with Gasteiger partial charge in [-0.15, -0.1) is 24.2 Å². The second-order valence-corrected chi connectivity index (χ2v) is 7.71. The number of hydrogen-bond acceptors (Lipinski definition) is 5. The molecule has 1 fully saturated rings. The van der Waals surface area contributed by atoms with E-state index in [1.54, 1.807) is 12.0 Å². The summed E-state index contributed by atoms with van der Waals surface area (Å²) in [5.74, 6) is 0.236. The average molecular weight is 400 g/mol. The number of nitrogens with zero attached hydrogens (tertiary/aromatic N) is 1. The molecule has 0 aliphatic carbocycles. The van der Waals surface area contributed by atoms with Crippen LogP contribution in [0.3, 0.4) is 0 Å². The monoisotopic (exact) mass is 399 g/mol. The van der Waals surface area contributed by atoms with Crippen molar-refractivity contribution in [1.29, 1.82) is 0 Å². The second-order valence-electron chi connectivity index (χ2n) is 6.70. The molecule has 2 aliphatic heterocycles. The molecule has 1 saturated heterocycles. The predicted molar refractivity (Wildman–Crippen MR) is 106 cm³/mol. The van der Waals surface area contributed by atoms with Gasteiger partial charge in [-0.25, -0.2) is 0 Å². The molecule has 3 rings (SSSR count). The van der Waals surface area contributed by atoms with Crippen LogP contribution in [0.15, 0.2) is 29.2 Å². The van der Waals surface area contributed by atoms with Gasteiger partial charge < -0.3 is 20.3 Å². The maximum atomic E-state index is 12.5. The van der Waals surface area contributed by atoms with Gasteiger partial charge in [0.25, 0.3) is 0 Å². The van der Waals surface area contributed by atoms with Gasteiger partial charge in [0.15, 0.2) is 0 Å². The Morgan fingerprint density at radius 2 is 2.08 bits per heavy atom. The Labute approximate surface area is 164 Å². The first-order chi connectivity index (χ1) is 12.1. The molecule has 0 saturated carbocycles. The highest BCUT2D eigenvalue weighted by molar-refractivity contribution is 8.00. The molecular weight excluding hydrogens is 374 g/mol. The van der Waals surface area contributed by atoms with Crippen molar-refractivity contribution in [2.24, 2.45) is 5.41 Å². The summed E-state index contributed by atoms with van der Waals surface area (Å²) in [7, 11) is 1.70. The van der Waals surface area contributed by atoms with Crippen LogP contribution in [0.5, 0.6) is 0 Å². The number of fused-ring (bicyclic) bond motifs is 1. The summed E-state index contributed by atoms with van der Waals surface area (Å²) in [6.07, 6.45) is 1.95. The molecule has 0 unspecified atom stereocenters. The number of carbonyl (C=O) groups excluding carboxylic acids is 2. The minimum absolute atomic E-state index is 0. The lowest BCUT2D eigenvalue weighted by atomic mass is 9.79. The number of piperidine rings is 1. The van der Waals surface area contributed by atoms with Crippen molar-refractivity contribution in [2.75, 3.05) is 50.5 Å². The van der Waals surface area contributed by atoms with Crippen LogP contribution in [-0.2, 0) is 14.3 Å². The molecule has 6 nitrogen and oxygen atoms in total. The highest BCUT2D eigenvalue weighted by atomic mass is 35.5. The van der Waals surface area contributed by atoms with Gasteiger partial charge in [0.1, 0.15) is 6.54 Å². The van der Waals surface area contributed by atoms with Crippen molar-refractivity contribution in [2.45, 2.75) is 17.7 Å². The molecule has 0 spiro atoms. The molecule has 0 radical (unpaired) electrons. The molecule has 2 amide bonds. The number of halogens is 1. The Bertz CT molecular complexity index is 632. The van der Waals surface area contributed by atoms with Crippen molar-refractivity contribution in [3.05, 3.63) is 24.3 Å². The molecule has 2 N–H and O–H groups in total. The van der Waals surface area contributed by atoms with Gasteiger partial charge in [0.05, 0.1) is 18.0 Å². The summed E-state index contributed by atoms with van der Waals surface area (Å²) in [5, 5.41) is 6.37. The highest BCUT2D eigenvalue weighted by Crippen LogP contribution is 2.34. The summed E-state index contributed by atoms with van der Waals surface area (Å²) in [6.45, 7) is 3.16. The molecule has 2 heterocycles. The Balaban J connectivity index is 0.00000243. The van der Waals surface area contributed by atoms with E-state index in [-0.39, 0.29) is 36.2 Å². The fourth-order valence-electron chi connectivity index (χ4n) is 3.45. The van der Waals surface area contributed by atoms with Crippen LogP contribution in [0.2, 0.25) is 0 Å². The Morgan fingerprint density at radius 1 is 1.35 bits per heavy atom. The normalized spacial score (nSPS) is 18.7. The number of hydrogen-bond donors (Lipinski definition) is 2. The third kappa shape index (κ3) is 4.91. The molecule has 0 atom stereocenters. The Kier molecular flexibility index (Phi) is 7.76. The fourth-order valence-corrected chi connectivity index (χ4v) is 4.38. The topological polar surface area (TPSA) is 70.7 Å². The number of para-hydroxylation sites is 1. The maximum Gasteiger partial charge on any atom is 0.240 e. The summed E-state index contributed by atoms with van der Waals surface area (Å²) in [5.41, 5.74) is 0.808. The highest BCUT2D eigenvalue weighted by Gasteiger charge is 2.33. The van der Waals surface area contributed by atoms with Crippen LogP contribution < -0.4 is 15.5 Å². The minimum atomic E-state index is -0.121. The quantitative estimate of drug-likeness (QED) is 0.761. The van der Waals surface area contributed by atoms with Crippen molar-refractivity contribution < 1.29 is 14.3 Å². The molecular formula is C18H26ClN3O3S. The zero-order chi connectivity index (χ0) is 17.7. The van der Waals surface area contributed by atoms with E-state index < -0.39 is 0 Å². The fraction of sp³-hybridized carbons (Fsp3) is 0.556. The van der Waals surface area contributed by atoms with Gasteiger partial charge in [0, 0.05) is 24.0 Å². The number of ether oxygens (including phenoxy) is 1. The van der Waals surface area contributed by atoms with Crippen LogP contribution >= 0.6 is 24.2 Å². The molecule has 1 aromatic carbocycles. The SMILES string of the molecule is COCC1(CNC(=O)CN2C(=O)CSc3ccccc32)CCNCC1.Cl. The minimum Gasteiger partial charge on any atom is -0.384 e. The number of thioether (sulfide) groups is 1. The molecule has 8 heteroatoms. The summed E-state index contributed by atoms with van der Waals surface area (Å²) in [4.78, 5) is 27.4. The third-order valence-corrected chi connectivity index (χ3v) is 5.93. The standard InChI is InChI=1S/C18H25N3O3S.ClH/c1-24-13-18(6-8-19-9-7-18)12-20-16(22)10-21-14-4-2-3-5-15(14)25-11-17(21)23;/h2-5,19H,6-13H2,1H3,(H,20,22);1H. The lowest BCUT2D eigenvalue weighted by Gasteiger charge is -2.37. The number of anilines is 1. The molecule has 144 valence electrons. The van der Waals surface area contributed by atoms with Crippen LogP contribution in [0, 0.1) is 5.41 Å². The van der Waals surface area contributed by atoms with Gasteiger partial charge >= 0.3 is 0 Å². The number of nitrogens with one attached hydrogen (secondary N) is 2. The summed E-state index contributed by atoms with van der Waals surface area (Å²) in [6, 6.07) is 7.73. The maximum absolute atomic E-state index is 12.5. The first-order valence-corrected chi connectivity index (χ1v) is 9.61. The smallest absolute Gasteiger partial charge is 0.240 e. The van der Waals surface area contributed by atoms with E-state index in [2.05, 4.69) is 10.6 Å². The number of benzene rings is 1. The van der Waals surface area contributed by atoms with Gasteiger partial charge in [-0.2, -0.15) is 0 Å². The van der Waals surface area contributed by atoms with E-state index in [9.17, 15) is 9.59 Å². The lowest BCUT2D eigenvalue weighted by molar-refractivity contribution is -0.123. The largest absolute Gasteiger partial charge is 0.384 e. The van der Waals surface area contributed by atoms with Crippen molar-refractivity contribution in [3.63, 3.8) is 0 Å². The zero-order valence-corrected chi connectivity index (χ0v) is 16.6. The van der Waals surface area contributed by atoms with Crippen LogP contribution in [0.4, 0.5) is 5.69 Å². The predicted octanol–water partition coefficient (Wildman–Crippen LogP) is 1.68. The third-order valence-electron chi connectivity index (χ3n) is 4.89. The van der Waals surface area contributed by atoms with Gasteiger partial charge in [-0.05, 0) is 38.1 Å². The molecule has 0 aromatic heterocycles. The average Bonchev–Trinajstić information content (AvgIpc) is 2.64. The number of amides is 2. The lowest BCUT2D eigenvalue weighted by Crippen LogP contribution is -2.50. The van der Waals surface area contributed by atoms with E-state index in [0.29, 0.717) is 18.9 Å². The first-order valence-electron chi connectivity index (χ1n) is 8.62. The molecule has 2 aliphatic rings. The molecule has 26 heavy (non-hydrogen) atoms. The van der Waals surface area contributed by atoms with E-state index >= 15 is 0 Å². The van der Waals surface area contributed by atoms with E-state index in [1.807, 2.05) is 24.3 Å². The van der Waals surface area contributed by atoms with Crippen molar-refractivity contribution in [1.82, 2.24) is 10.6 Å². The van der Waals surface area contributed by atoms with Crippen molar-refractivity contribution >= 4 is 41.7 Å². The summed E-state index contributed by atoms with van der Waals surface area (Å²) >= 11 is 1.52. The first kappa shape index (κ1) is 21.0. The van der Waals surface area contributed by atoms with Crippen LogP contribution in [0.25, 0.3) is 0 Å². The van der Waals surface area contributed by atoms with Gasteiger partial charge in [0.2, 0.25) is 11.8 Å². The number of carbonyl (C=O) groups is 2. The number of methoxy groups -OCH3 is 1. The van der Waals surface area contributed by atoms with Gasteiger partial charge in [-0.3, -0.25) is 9.59 Å². The van der Waals surface area contributed by atoms with Crippen LogP contribution in [0.1, 0.15) is 12.8 Å². The van der Waals surface area contributed by atoms with E-state index in [1.165, 1.54) is 11.8 Å². The Hall–Kier alpha value is -1.28. The number of rotatable bonds is 6. The van der Waals surface area contributed by atoms with E-state index in [0.717, 1.165) is 36.5 Å². The zero-order valence-electron chi connectivity index (χ0n) is 15.0.